The maximum Gasteiger partial charge on any atom is 0.257 e. The first-order chi connectivity index (χ1) is 20.5. The minimum Gasteiger partial charge on any atom is -0.497 e. The number of benzene rings is 3. The summed E-state index contributed by atoms with van der Waals surface area (Å²) in [5, 5.41) is 15.5. The maximum absolute atomic E-state index is 13.3. The molecule has 1 amide bonds. The van der Waals surface area contributed by atoms with Gasteiger partial charge in [0.05, 0.1) is 37.7 Å². The number of carbonyl (C=O) groups excluding carboxylic acids is 1. The van der Waals surface area contributed by atoms with Gasteiger partial charge in [-0.15, -0.1) is 0 Å². The summed E-state index contributed by atoms with van der Waals surface area (Å²) >= 11 is 0. The number of hydrogen-bond donors (Lipinski definition) is 2. The van der Waals surface area contributed by atoms with E-state index in [1.165, 1.54) is 7.11 Å². The molecule has 43 heavy (non-hydrogen) atoms. The first kappa shape index (κ1) is 30.6. The van der Waals surface area contributed by atoms with Crippen LogP contribution in [0.15, 0.2) is 66.7 Å². The van der Waals surface area contributed by atoms with Gasteiger partial charge >= 0.3 is 0 Å². The number of hydrogen-bond acceptors (Lipinski definition) is 7. The van der Waals surface area contributed by atoms with E-state index in [9.17, 15) is 9.90 Å². The van der Waals surface area contributed by atoms with Crippen LogP contribution in [0.25, 0.3) is 6.08 Å². The molecule has 3 aromatic rings. The van der Waals surface area contributed by atoms with Crippen LogP contribution in [-0.4, -0.2) is 50.7 Å². The molecular weight excluding hydrogens is 546 g/mol. The normalized spacial score (nSPS) is 24.7. The summed E-state index contributed by atoms with van der Waals surface area (Å²) < 4.78 is 29.3. The molecular formula is C35H41NO7. The lowest BCUT2D eigenvalue weighted by Gasteiger charge is -2.41. The number of amides is 1. The van der Waals surface area contributed by atoms with Crippen molar-refractivity contribution < 1.29 is 33.6 Å². The summed E-state index contributed by atoms with van der Waals surface area (Å²) in [7, 11) is 4.60. The highest BCUT2D eigenvalue weighted by molar-refractivity contribution is 6.00. The third kappa shape index (κ3) is 6.13. The van der Waals surface area contributed by atoms with Gasteiger partial charge in [0.25, 0.3) is 5.91 Å². The number of methoxy groups -OCH3 is 3. The zero-order chi connectivity index (χ0) is 30.8. The fraction of sp³-hybridized carbons (Fsp3) is 0.400. The van der Waals surface area contributed by atoms with Crippen molar-refractivity contribution in [2.24, 2.45) is 5.41 Å². The summed E-state index contributed by atoms with van der Waals surface area (Å²) in [5.41, 5.74) is 0.732. The second-order valence-corrected chi connectivity index (χ2v) is 12.2. The molecule has 0 radical (unpaired) electrons. The zero-order valence-corrected chi connectivity index (χ0v) is 25.7. The van der Waals surface area contributed by atoms with Gasteiger partial charge in [-0.3, -0.25) is 4.79 Å². The van der Waals surface area contributed by atoms with Gasteiger partial charge in [-0.25, -0.2) is 0 Å². The third-order valence-corrected chi connectivity index (χ3v) is 8.43. The molecule has 3 unspecified atom stereocenters. The predicted octanol–water partition coefficient (Wildman–Crippen LogP) is 6.09. The fourth-order valence-corrected chi connectivity index (χ4v) is 5.71. The van der Waals surface area contributed by atoms with Gasteiger partial charge < -0.3 is 34.1 Å². The van der Waals surface area contributed by atoms with Crippen LogP contribution in [0, 0.1) is 5.41 Å². The van der Waals surface area contributed by atoms with E-state index >= 15 is 0 Å². The Morgan fingerprint density at radius 2 is 1.72 bits per heavy atom. The summed E-state index contributed by atoms with van der Waals surface area (Å²) in [6.07, 6.45) is 4.71. The lowest BCUT2D eigenvalue weighted by Crippen LogP contribution is -2.53. The topological polar surface area (TPSA) is 95.5 Å². The number of rotatable bonds is 9. The first-order valence-corrected chi connectivity index (χ1v) is 14.5. The van der Waals surface area contributed by atoms with Crippen molar-refractivity contribution in [3.63, 3.8) is 0 Å². The van der Waals surface area contributed by atoms with E-state index in [2.05, 4.69) is 32.2 Å². The number of nitrogens with one attached hydrogen (secondary N) is 1. The Labute approximate surface area is 253 Å². The Balaban J connectivity index is 1.65. The minimum atomic E-state index is -1.87. The lowest BCUT2D eigenvalue weighted by atomic mass is 9.76. The summed E-state index contributed by atoms with van der Waals surface area (Å²) in [6.45, 7) is 7.37. The molecule has 0 saturated carbocycles. The van der Waals surface area contributed by atoms with Crippen molar-refractivity contribution in [2.45, 2.75) is 57.5 Å². The largest absolute Gasteiger partial charge is 0.497 e. The van der Waals surface area contributed by atoms with E-state index in [-0.39, 0.29) is 12.0 Å². The summed E-state index contributed by atoms with van der Waals surface area (Å²) in [6, 6.07) is 18.3. The van der Waals surface area contributed by atoms with Crippen LogP contribution in [0.5, 0.6) is 17.2 Å². The van der Waals surface area contributed by atoms with Crippen LogP contribution in [-0.2, 0) is 26.5 Å². The van der Waals surface area contributed by atoms with Crippen LogP contribution in [0.1, 0.15) is 55.9 Å². The van der Waals surface area contributed by atoms with Crippen LogP contribution in [0.2, 0.25) is 0 Å². The highest BCUT2D eigenvalue weighted by Gasteiger charge is 2.52. The Morgan fingerprint density at radius 1 is 0.977 bits per heavy atom. The van der Waals surface area contributed by atoms with Gasteiger partial charge in [0, 0.05) is 12.7 Å². The van der Waals surface area contributed by atoms with Gasteiger partial charge in [-0.2, -0.15) is 0 Å². The highest BCUT2D eigenvalue weighted by atomic mass is 16.5. The molecule has 0 bridgehead atoms. The van der Waals surface area contributed by atoms with E-state index in [4.69, 9.17) is 23.7 Å². The molecule has 3 atom stereocenters. The Hall–Kier alpha value is -3.85. The highest BCUT2D eigenvalue weighted by Crippen LogP contribution is 2.49. The van der Waals surface area contributed by atoms with E-state index < -0.39 is 23.2 Å². The molecule has 3 aromatic carbocycles. The molecule has 2 heterocycles. The van der Waals surface area contributed by atoms with Crippen molar-refractivity contribution in [3.8, 4) is 17.2 Å². The van der Waals surface area contributed by atoms with E-state index in [1.807, 2.05) is 36.4 Å². The number of fused-ring (bicyclic) bond motifs is 1. The first-order valence-electron chi connectivity index (χ1n) is 14.5. The van der Waals surface area contributed by atoms with Crippen molar-refractivity contribution >= 4 is 17.7 Å². The predicted molar refractivity (Wildman–Crippen MR) is 166 cm³/mol. The van der Waals surface area contributed by atoms with E-state index in [1.54, 1.807) is 44.6 Å². The van der Waals surface area contributed by atoms with Gasteiger partial charge in [0.2, 0.25) is 0 Å². The quantitative estimate of drug-likeness (QED) is 0.313. The second-order valence-electron chi connectivity index (χ2n) is 12.2. The van der Waals surface area contributed by atoms with Gasteiger partial charge in [0.1, 0.15) is 23.9 Å². The molecule has 1 fully saturated rings. The molecule has 5 rings (SSSR count). The SMILES string of the molecule is COc1ccc(C2(O)c3c(ccc(/C=C/C4(C)CCC(C)(C)CO4)c3OCc3cccc(OC)c3)NC(=O)C2OC)cc1. The molecule has 0 aliphatic carbocycles. The average molecular weight is 588 g/mol. The van der Waals surface area contributed by atoms with Crippen LogP contribution < -0.4 is 19.5 Å². The van der Waals surface area contributed by atoms with Gasteiger partial charge in [0.15, 0.2) is 11.7 Å². The second kappa shape index (κ2) is 12.0. The Morgan fingerprint density at radius 3 is 2.37 bits per heavy atom. The molecule has 8 heteroatoms. The molecule has 0 aromatic heterocycles. The van der Waals surface area contributed by atoms with Crippen molar-refractivity contribution in [2.75, 3.05) is 33.3 Å². The van der Waals surface area contributed by atoms with Gasteiger partial charge in [-0.1, -0.05) is 50.3 Å². The number of aliphatic hydroxyl groups is 1. The fourth-order valence-electron chi connectivity index (χ4n) is 5.71. The third-order valence-electron chi connectivity index (χ3n) is 8.43. The number of anilines is 1. The smallest absolute Gasteiger partial charge is 0.257 e. The van der Waals surface area contributed by atoms with Crippen LogP contribution in [0.3, 0.4) is 0 Å². The molecule has 228 valence electrons. The minimum absolute atomic E-state index is 0.131. The molecule has 0 spiro atoms. The van der Waals surface area contributed by atoms with E-state index in [0.717, 1.165) is 24.0 Å². The summed E-state index contributed by atoms with van der Waals surface area (Å²) in [5.74, 6) is 1.30. The Bertz CT molecular complexity index is 1490. The molecule has 2 aliphatic heterocycles. The number of carbonyl (C=O) groups is 1. The van der Waals surface area contributed by atoms with Crippen molar-refractivity contribution in [1.29, 1.82) is 0 Å². The van der Waals surface area contributed by atoms with Crippen molar-refractivity contribution in [1.82, 2.24) is 0 Å². The van der Waals surface area contributed by atoms with Crippen LogP contribution in [0.4, 0.5) is 5.69 Å². The summed E-state index contributed by atoms with van der Waals surface area (Å²) in [4.78, 5) is 13.3. The molecule has 2 N–H and O–H groups in total. The standard InChI is InChI=1S/C35H41NO7/c1-33(2)18-19-34(3,43-22-33)17-16-24-10-15-28-29(30(24)42-21-23-8-7-9-27(20-23)40-5)35(38,31(41-6)32(37)36-28)25-11-13-26(39-4)14-12-25/h7-17,20,31,38H,18-19,21-22H2,1-6H3,(H,36,37)/b17-16+. The van der Waals surface area contributed by atoms with Crippen LogP contribution >= 0.6 is 0 Å². The van der Waals surface area contributed by atoms with Gasteiger partial charge in [-0.05, 0) is 72.7 Å². The molecule has 1 saturated heterocycles. The van der Waals surface area contributed by atoms with Crippen molar-refractivity contribution in [3.05, 3.63) is 89.0 Å². The lowest BCUT2D eigenvalue weighted by molar-refractivity contribution is -0.142. The molecule has 8 nitrogen and oxygen atoms in total. The molecule has 2 aliphatic rings. The monoisotopic (exact) mass is 587 g/mol. The Kier molecular flexibility index (Phi) is 8.56. The van der Waals surface area contributed by atoms with E-state index in [0.29, 0.717) is 40.7 Å². The maximum atomic E-state index is 13.3. The average Bonchev–Trinajstić information content (AvgIpc) is 3.01. The zero-order valence-electron chi connectivity index (χ0n) is 25.7. The number of ether oxygens (including phenoxy) is 5.